The van der Waals surface area contributed by atoms with Gasteiger partial charge in [0.2, 0.25) is 0 Å². The molecule has 1 aromatic heterocycles. The highest BCUT2D eigenvalue weighted by molar-refractivity contribution is 6.29. The van der Waals surface area contributed by atoms with Gasteiger partial charge in [0.15, 0.2) is 0 Å². The average molecular weight is 257 g/mol. The zero-order valence-electron chi connectivity index (χ0n) is 8.54. The summed E-state index contributed by atoms with van der Waals surface area (Å²) in [6.07, 6.45) is -2.12. The van der Waals surface area contributed by atoms with Crippen LogP contribution in [-0.4, -0.2) is 32.4 Å². The minimum atomic E-state index is -1.49. The molecule has 0 aliphatic carbocycles. The molecule has 2 unspecified atom stereocenters. The number of aliphatic hydroxyl groups excluding tert-OH is 2. The first kappa shape index (κ1) is 13.4. The molecule has 6 nitrogen and oxygen atoms in total. The van der Waals surface area contributed by atoms with Crippen molar-refractivity contribution in [2.24, 2.45) is 0 Å². The van der Waals surface area contributed by atoms with Crippen LogP contribution in [0.25, 0.3) is 0 Å². The van der Waals surface area contributed by atoms with Crippen LogP contribution in [0.2, 0.25) is 5.15 Å². The van der Waals surface area contributed by atoms with Gasteiger partial charge in [-0.25, -0.2) is 9.78 Å². The number of pyridine rings is 1. The average Bonchev–Trinajstić information content (AvgIpc) is 2.28. The Labute approximate surface area is 102 Å². The first-order valence-electron chi connectivity index (χ1n) is 4.59. The van der Waals surface area contributed by atoms with E-state index in [1.807, 2.05) is 0 Å². The van der Waals surface area contributed by atoms with E-state index in [1.54, 1.807) is 6.07 Å². The fraction of sp³-hybridized carbons (Fsp3) is 0.300. The molecule has 0 spiro atoms. The lowest BCUT2D eigenvalue weighted by atomic mass is 9.99. The molecule has 0 aromatic carbocycles. The molecule has 0 radical (unpaired) electrons. The molecule has 0 amide bonds. The highest BCUT2D eigenvalue weighted by atomic mass is 35.5. The Morgan fingerprint density at radius 1 is 1.59 bits per heavy atom. The summed E-state index contributed by atoms with van der Waals surface area (Å²) < 4.78 is 0. The number of rotatable bonds is 4. The lowest BCUT2D eigenvalue weighted by Gasteiger charge is -2.17. The fourth-order valence-corrected chi connectivity index (χ4v) is 1.43. The van der Waals surface area contributed by atoms with Gasteiger partial charge in [-0.2, -0.15) is 5.26 Å². The largest absolute Gasteiger partial charge is 0.478 e. The minimum absolute atomic E-state index is 0.0341. The molecule has 90 valence electrons. The second-order valence-corrected chi connectivity index (χ2v) is 3.66. The van der Waals surface area contributed by atoms with E-state index in [0.717, 1.165) is 12.3 Å². The molecule has 0 aliphatic heterocycles. The fourth-order valence-electron chi connectivity index (χ4n) is 1.27. The van der Waals surface area contributed by atoms with Crippen molar-refractivity contribution in [3.8, 4) is 6.07 Å². The quantitative estimate of drug-likeness (QED) is 0.685. The van der Waals surface area contributed by atoms with Crippen LogP contribution < -0.4 is 0 Å². The Kier molecular flexibility index (Phi) is 4.40. The number of carboxylic acid groups (broad SMARTS) is 1. The number of aliphatic hydroxyl groups is 2. The van der Waals surface area contributed by atoms with Gasteiger partial charge in [-0.15, -0.1) is 0 Å². The number of hydrogen-bond acceptors (Lipinski definition) is 5. The van der Waals surface area contributed by atoms with Crippen molar-refractivity contribution in [1.29, 1.82) is 5.26 Å². The summed E-state index contributed by atoms with van der Waals surface area (Å²) in [5.41, 5.74) is -0.334. The van der Waals surface area contributed by atoms with Crippen molar-refractivity contribution in [3.05, 3.63) is 28.5 Å². The van der Waals surface area contributed by atoms with E-state index < -0.39 is 18.2 Å². The molecule has 1 heterocycles. The molecular weight excluding hydrogens is 248 g/mol. The Balaban J connectivity index is 3.13. The van der Waals surface area contributed by atoms with E-state index in [9.17, 15) is 15.0 Å². The number of carboxylic acids is 1. The van der Waals surface area contributed by atoms with Crippen LogP contribution in [0.4, 0.5) is 0 Å². The molecule has 7 heteroatoms. The third-order valence-corrected chi connectivity index (χ3v) is 2.32. The summed E-state index contributed by atoms with van der Waals surface area (Å²) >= 11 is 5.54. The van der Waals surface area contributed by atoms with E-state index in [1.165, 1.54) is 0 Å². The first-order valence-corrected chi connectivity index (χ1v) is 4.97. The lowest BCUT2D eigenvalue weighted by molar-refractivity contribution is 0.0203. The Hall–Kier alpha value is -1.68. The Morgan fingerprint density at radius 3 is 2.76 bits per heavy atom. The summed E-state index contributed by atoms with van der Waals surface area (Å²) in [4.78, 5) is 14.5. The number of nitrogens with zero attached hydrogens (tertiary/aromatic N) is 2. The van der Waals surface area contributed by atoms with Gasteiger partial charge in [0, 0.05) is 11.8 Å². The molecule has 1 aromatic rings. The Morgan fingerprint density at radius 2 is 2.24 bits per heavy atom. The molecule has 3 N–H and O–H groups in total. The van der Waals surface area contributed by atoms with Crippen LogP contribution >= 0.6 is 11.6 Å². The molecule has 0 bridgehead atoms. The van der Waals surface area contributed by atoms with Crippen molar-refractivity contribution >= 4 is 17.6 Å². The minimum Gasteiger partial charge on any atom is -0.478 e. The second kappa shape index (κ2) is 5.59. The monoisotopic (exact) mass is 256 g/mol. The maximum absolute atomic E-state index is 10.9. The normalized spacial score (nSPS) is 13.8. The highest BCUT2D eigenvalue weighted by Gasteiger charge is 2.24. The van der Waals surface area contributed by atoms with E-state index in [0.29, 0.717) is 0 Å². The molecule has 17 heavy (non-hydrogen) atoms. The third-order valence-electron chi connectivity index (χ3n) is 2.12. The molecule has 0 fully saturated rings. The number of aromatic carboxylic acids is 1. The van der Waals surface area contributed by atoms with Crippen LogP contribution in [0.15, 0.2) is 12.3 Å². The zero-order valence-corrected chi connectivity index (χ0v) is 9.29. The van der Waals surface area contributed by atoms with Crippen molar-refractivity contribution < 1.29 is 20.1 Å². The van der Waals surface area contributed by atoms with Gasteiger partial charge < -0.3 is 15.3 Å². The topological polar surface area (TPSA) is 114 Å². The van der Waals surface area contributed by atoms with E-state index in [2.05, 4.69) is 4.98 Å². The van der Waals surface area contributed by atoms with Crippen molar-refractivity contribution in [3.63, 3.8) is 0 Å². The summed E-state index contributed by atoms with van der Waals surface area (Å²) in [5.74, 6) is -1.30. The zero-order chi connectivity index (χ0) is 13.0. The Bertz CT molecular complexity index is 472. The van der Waals surface area contributed by atoms with E-state index in [-0.39, 0.29) is 22.7 Å². The molecule has 0 saturated heterocycles. The number of nitriles is 1. The SMILES string of the molecule is N#CCC(O)C(O)c1cnc(Cl)cc1C(=O)O. The molecule has 2 atom stereocenters. The van der Waals surface area contributed by atoms with Crippen LogP contribution in [0.5, 0.6) is 0 Å². The molecule has 0 aliphatic rings. The highest BCUT2D eigenvalue weighted by Crippen LogP contribution is 2.23. The standard InChI is InChI=1S/C10H9ClN2O4/c11-8-3-5(10(16)17)6(4-13-8)9(15)7(14)1-2-12/h3-4,7,9,14-15H,1H2,(H,16,17). The summed E-state index contributed by atoms with van der Waals surface area (Å²) in [6, 6.07) is 2.75. The van der Waals surface area contributed by atoms with Gasteiger partial charge in [-0.3, -0.25) is 0 Å². The number of hydrogen-bond donors (Lipinski definition) is 3. The maximum atomic E-state index is 10.9. The second-order valence-electron chi connectivity index (χ2n) is 3.27. The van der Waals surface area contributed by atoms with E-state index >= 15 is 0 Å². The van der Waals surface area contributed by atoms with Gasteiger partial charge in [0.1, 0.15) is 11.3 Å². The van der Waals surface area contributed by atoms with Crippen LogP contribution in [-0.2, 0) is 0 Å². The van der Waals surface area contributed by atoms with Gasteiger partial charge in [0.25, 0.3) is 0 Å². The third kappa shape index (κ3) is 3.14. The molecule has 1 rings (SSSR count). The van der Waals surface area contributed by atoms with Gasteiger partial charge in [0.05, 0.1) is 24.2 Å². The molecule has 0 saturated carbocycles. The summed E-state index contributed by atoms with van der Waals surface area (Å²) in [7, 11) is 0. The molecular formula is C10H9ClN2O4. The van der Waals surface area contributed by atoms with Gasteiger partial charge in [-0.1, -0.05) is 11.6 Å². The van der Waals surface area contributed by atoms with Gasteiger partial charge in [-0.05, 0) is 6.07 Å². The maximum Gasteiger partial charge on any atom is 0.336 e. The van der Waals surface area contributed by atoms with Gasteiger partial charge >= 0.3 is 5.97 Å². The lowest BCUT2D eigenvalue weighted by Crippen LogP contribution is -2.20. The summed E-state index contributed by atoms with van der Waals surface area (Å²) in [5, 5.41) is 36.4. The summed E-state index contributed by atoms with van der Waals surface area (Å²) in [6.45, 7) is 0. The smallest absolute Gasteiger partial charge is 0.336 e. The van der Waals surface area contributed by atoms with Crippen LogP contribution in [0.3, 0.4) is 0 Å². The van der Waals surface area contributed by atoms with Crippen molar-refractivity contribution in [2.45, 2.75) is 18.6 Å². The predicted octanol–water partition coefficient (Wildman–Crippen LogP) is 0.741. The van der Waals surface area contributed by atoms with Crippen molar-refractivity contribution in [2.75, 3.05) is 0 Å². The number of halogens is 1. The van der Waals surface area contributed by atoms with Crippen LogP contribution in [0, 0.1) is 11.3 Å². The first-order chi connectivity index (χ1) is 7.97. The van der Waals surface area contributed by atoms with Crippen LogP contribution in [0.1, 0.15) is 28.4 Å². The van der Waals surface area contributed by atoms with Crippen molar-refractivity contribution in [1.82, 2.24) is 4.98 Å². The number of carbonyl (C=O) groups is 1. The predicted molar refractivity (Wildman–Crippen MR) is 57.4 cm³/mol. The number of aromatic nitrogens is 1. The van der Waals surface area contributed by atoms with E-state index in [4.69, 9.17) is 22.0 Å².